The molecule has 2 atom stereocenters. The normalized spacial score (nSPS) is 17.4. The summed E-state index contributed by atoms with van der Waals surface area (Å²) < 4.78 is 22.0. The molecule has 0 radical (unpaired) electrons. The second-order valence-corrected chi connectivity index (χ2v) is 9.55. The molecule has 0 N–H and O–H groups in total. The van der Waals surface area contributed by atoms with E-state index in [1.807, 2.05) is 56.0 Å². The smallest absolute Gasteiger partial charge is 0.410 e. The summed E-state index contributed by atoms with van der Waals surface area (Å²) >= 11 is 0. The zero-order valence-electron chi connectivity index (χ0n) is 22.6. The second kappa shape index (κ2) is 13.9. The predicted molar refractivity (Wildman–Crippen MR) is 142 cm³/mol. The van der Waals surface area contributed by atoms with Crippen LogP contribution >= 0.6 is 0 Å². The zero-order valence-corrected chi connectivity index (χ0v) is 22.6. The fraction of sp³-hybridized carbons (Fsp3) is 0.517. The minimum atomic E-state index is -0.353. The number of ether oxygens (including phenoxy) is 4. The Morgan fingerprint density at radius 2 is 1.81 bits per heavy atom. The van der Waals surface area contributed by atoms with Crippen LogP contribution in [-0.2, 0) is 16.1 Å². The van der Waals surface area contributed by atoms with Gasteiger partial charge < -0.3 is 28.7 Å². The van der Waals surface area contributed by atoms with Gasteiger partial charge in [0.1, 0.15) is 6.61 Å². The van der Waals surface area contributed by atoms with E-state index in [1.54, 1.807) is 37.3 Å². The van der Waals surface area contributed by atoms with Crippen LogP contribution < -0.4 is 9.47 Å². The van der Waals surface area contributed by atoms with E-state index in [2.05, 4.69) is 0 Å². The van der Waals surface area contributed by atoms with Crippen LogP contribution in [0.1, 0.15) is 56.0 Å². The van der Waals surface area contributed by atoms with E-state index in [0.717, 1.165) is 24.8 Å². The summed E-state index contributed by atoms with van der Waals surface area (Å²) in [5, 5.41) is 0. The summed E-state index contributed by atoms with van der Waals surface area (Å²) in [6.07, 6.45) is 1.98. The van der Waals surface area contributed by atoms with Gasteiger partial charge in [-0.2, -0.15) is 0 Å². The Morgan fingerprint density at radius 1 is 1.05 bits per heavy atom. The Hall–Kier alpha value is -3.26. The van der Waals surface area contributed by atoms with Gasteiger partial charge in [-0.1, -0.05) is 30.3 Å². The van der Waals surface area contributed by atoms with Crippen molar-refractivity contribution in [3.05, 3.63) is 59.7 Å². The number of piperidine rings is 1. The molecule has 3 rings (SSSR count). The van der Waals surface area contributed by atoms with Crippen LogP contribution in [0.15, 0.2) is 48.5 Å². The van der Waals surface area contributed by atoms with Gasteiger partial charge in [0.15, 0.2) is 11.5 Å². The minimum absolute atomic E-state index is 0.0617. The van der Waals surface area contributed by atoms with Crippen LogP contribution in [0.3, 0.4) is 0 Å². The maximum atomic E-state index is 13.8. The molecular formula is C29H40N2O6. The molecular weight excluding hydrogens is 472 g/mol. The van der Waals surface area contributed by atoms with Gasteiger partial charge in [-0.05, 0) is 57.4 Å². The highest BCUT2D eigenvalue weighted by Gasteiger charge is 2.38. The molecule has 8 heteroatoms. The number of amides is 2. The highest BCUT2D eigenvalue weighted by molar-refractivity contribution is 5.95. The van der Waals surface area contributed by atoms with Crippen molar-refractivity contribution >= 4 is 12.0 Å². The summed E-state index contributed by atoms with van der Waals surface area (Å²) in [6.45, 7) is 7.87. The van der Waals surface area contributed by atoms with E-state index < -0.39 is 0 Å². The molecule has 2 amide bonds. The van der Waals surface area contributed by atoms with Crippen LogP contribution in [0.25, 0.3) is 0 Å². The van der Waals surface area contributed by atoms with Gasteiger partial charge in [0.25, 0.3) is 5.91 Å². The van der Waals surface area contributed by atoms with Gasteiger partial charge in [0.2, 0.25) is 0 Å². The van der Waals surface area contributed by atoms with Crippen LogP contribution in [0.5, 0.6) is 11.5 Å². The lowest BCUT2D eigenvalue weighted by molar-refractivity contribution is 0.0175. The van der Waals surface area contributed by atoms with Crippen LogP contribution in [0, 0.1) is 0 Å². The van der Waals surface area contributed by atoms with Gasteiger partial charge >= 0.3 is 6.09 Å². The fourth-order valence-electron chi connectivity index (χ4n) is 4.78. The van der Waals surface area contributed by atoms with E-state index in [1.165, 1.54) is 0 Å². The van der Waals surface area contributed by atoms with Crippen molar-refractivity contribution in [1.82, 2.24) is 9.80 Å². The van der Waals surface area contributed by atoms with E-state index >= 15 is 0 Å². The molecule has 1 saturated heterocycles. The van der Waals surface area contributed by atoms with Gasteiger partial charge in [0, 0.05) is 38.3 Å². The average molecular weight is 513 g/mol. The van der Waals surface area contributed by atoms with Crippen molar-refractivity contribution in [3.63, 3.8) is 0 Å². The lowest BCUT2D eigenvalue weighted by Crippen LogP contribution is -2.58. The molecule has 0 saturated carbocycles. The standard InChI is InChI=1S/C29H40N2O6/c1-21(2)31(28(32)24-14-15-26(35-5)27(19-24)36-18-10-17-34-4)25-13-9-16-30(22(25)3)29(33)37-20-23-11-7-6-8-12-23/h6-8,11-12,14-15,19,21-22,25H,9-10,13,16-18,20H2,1-5H3. The Balaban J connectivity index is 1.74. The summed E-state index contributed by atoms with van der Waals surface area (Å²) in [5.41, 5.74) is 1.46. The molecule has 1 aliphatic heterocycles. The maximum absolute atomic E-state index is 13.8. The van der Waals surface area contributed by atoms with E-state index in [9.17, 15) is 9.59 Å². The van der Waals surface area contributed by atoms with Crippen molar-refractivity contribution in [1.29, 1.82) is 0 Å². The minimum Gasteiger partial charge on any atom is -0.493 e. The van der Waals surface area contributed by atoms with Gasteiger partial charge in [-0.3, -0.25) is 4.79 Å². The quantitative estimate of drug-likeness (QED) is 0.388. The molecule has 2 aromatic rings. The first-order chi connectivity index (χ1) is 17.9. The third-order valence-electron chi connectivity index (χ3n) is 6.70. The molecule has 1 fully saturated rings. The van der Waals surface area contributed by atoms with Crippen molar-refractivity contribution in [2.24, 2.45) is 0 Å². The van der Waals surface area contributed by atoms with Gasteiger partial charge in [-0.15, -0.1) is 0 Å². The lowest BCUT2D eigenvalue weighted by Gasteiger charge is -2.45. The Morgan fingerprint density at radius 3 is 2.49 bits per heavy atom. The van der Waals surface area contributed by atoms with E-state index in [4.69, 9.17) is 18.9 Å². The van der Waals surface area contributed by atoms with Gasteiger partial charge in [0.05, 0.1) is 25.8 Å². The number of likely N-dealkylation sites (tertiary alicyclic amines) is 1. The Labute approximate surface area is 220 Å². The fourth-order valence-corrected chi connectivity index (χ4v) is 4.78. The third-order valence-corrected chi connectivity index (χ3v) is 6.70. The second-order valence-electron chi connectivity index (χ2n) is 9.55. The SMILES string of the molecule is COCCCOc1cc(C(=O)N(C(C)C)C2CCCN(C(=O)OCc3ccccc3)C2C)ccc1OC. The van der Waals surface area contributed by atoms with E-state index in [0.29, 0.717) is 36.8 Å². The molecule has 1 heterocycles. The molecule has 0 aliphatic carbocycles. The number of carbonyl (C=O) groups excluding carboxylic acids is 2. The number of hydrogen-bond acceptors (Lipinski definition) is 6. The van der Waals surface area contributed by atoms with Crippen molar-refractivity contribution in [2.45, 2.75) is 64.8 Å². The van der Waals surface area contributed by atoms with Crippen molar-refractivity contribution < 1.29 is 28.5 Å². The number of rotatable bonds is 11. The molecule has 1 aliphatic rings. The number of carbonyl (C=O) groups is 2. The monoisotopic (exact) mass is 512 g/mol. The summed E-state index contributed by atoms with van der Waals surface area (Å²) in [4.78, 5) is 30.4. The molecule has 0 bridgehead atoms. The third kappa shape index (κ3) is 7.38. The molecule has 202 valence electrons. The molecule has 2 unspecified atom stereocenters. The maximum Gasteiger partial charge on any atom is 0.410 e. The summed E-state index contributed by atoms with van der Waals surface area (Å²) in [5.74, 6) is 0.996. The molecule has 0 spiro atoms. The van der Waals surface area contributed by atoms with Crippen molar-refractivity contribution in [3.8, 4) is 11.5 Å². The number of hydrogen-bond donors (Lipinski definition) is 0. The largest absolute Gasteiger partial charge is 0.493 e. The first-order valence-electron chi connectivity index (χ1n) is 13.0. The average Bonchev–Trinajstić information content (AvgIpc) is 2.91. The predicted octanol–water partition coefficient (Wildman–Crippen LogP) is 5.15. The molecule has 0 aromatic heterocycles. The highest BCUT2D eigenvalue weighted by Crippen LogP contribution is 2.31. The van der Waals surface area contributed by atoms with Crippen molar-refractivity contribution in [2.75, 3.05) is 34.0 Å². The Bertz CT molecular complexity index is 1010. The Kier molecular flexibility index (Phi) is 10.6. The number of benzene rings is 2. The van der Waals surface area contributed by atoms with Crippen LogP contribution in [0.4, 0.5) is 4.79 Å². The summed E-state index contributed by atoms with van der Waals surface area (Å²) in [6, 6.07) is 14.5. The number of methoxy groups -OCH3 is 2. The van der Waals surface area contributed by atoms with E-state index in [-0.39, 0.29) is 36.7 Å². The topological polar surface area (TPSA) is 77.5 Å². The van der Waals surface area contributed by atoms with Crippen LogP contribution in [-0.4, -0.2) is 73.9 Å². The molecule has 37 heavy (non-hydrogen) atoms. The van der Waals surface area contributed by atoms with Crippen LogP contribution in [0.2, 0.25) is 0 Å². The first kappa shape index (κ1) is 28.3. The zero-order chi connectivity index (χ0) is 26.8. The highest BCUT2D eigenvalue weighted by atomic mass is 16.6. The molecule has 8 nitrogen and oxygen atoms in total. The number of nitrogens with zero attached hydrogens (tertiary/aromatic N) is 2. The lowest BCUT2D eigenvalue weighted by atomic mass is 9.94. The first-order valence-corrected chi connectivity index (χ1v) is 13.0. The van der Waals surface area contributed by atoms with Gasteiger partial charge in [-0.25, -0.2) is 4.79 Å². The molecule has 2 aromatic carbocycles. The summed E-state index contributed by atoms with van der Waals surface area (Å²) in [7, 11) is 3.23.